The highest BCUT2D eigenvalue weighted by Gasteiger charge is 2.13. The molecule has 0 atom stereocenters. The minimum Gasteiger partial charge on any atom is -0.508 e. The first kappa shape index (κ1) is 10.7. The number of benzene rings is 1. The maximum atomic E-state index is 11.5. The van der Waals surface area contributed by atoms with Crippen LogP contribution in [0.4, 0.5) is 0 Å². The van der Waals surface area contributed by atoms with Gasteiger partial charge in [0.2, 0.25) is 0 Å². The molecule has 0 aliphatic carbocycles. The molecule has 0 unspecified atom stereocenters. The molecule has 1 rings (SSSR count). The molecule has 1 aromatic rings. The Morgan fingerprint density at radius 1 is 1.21 bits per heavy atom. The molecule has 0 bridgehead atoms. The third kappa shape index (κ3) is 2.56. The number of hydrogen-bond acceptors (Lipinski definition) is 4. The normalized spacial score (nSPS) is 11.1. The second kappa shape index (κ2) is 4.23. The Balaban J connectivity index is 2.93. The fourth-order valence-electron chi connectivity index (χ4n) is 0.975. The van der Waals surface area contributed by atoms with E-state index >= 15 is 0 Å². The zero-order chi connectivity index (χ0) is 10.6. The Morgan fingerprint density at radius 3 is 2.29 bits per heavy atom. The zero-order valence-corrected chi connectivity index (χ0v) is 8.20. The predicted molar refractivity (Wildman–Crippen MR) is 50.8 cm³/mol. The lowest BCUT2D eigenvalue weighted by Gasteiger charge is -2.01. The molecule has 5 heteroatoms. The van der Waals surface area contributed by atoms with Gasteiger partial charge in [0.05, 0.1) is 10.6 Å². The average molecular weight is 214 g/mol. The van der Waals surface area contributed by atoms with E-state index in [1.54, 1.807) is 0 Å². The van der Waals surface area contributed by atoms with Crippen LogP contribution in [-0.2, 0) is 14.6 Å². The van der Waals surface area contributed by atoms with E-state index in [4.69, 9.17) is 5.11 Å². The predicted octanol–water partition coefficient (Wildman–Crippen LogP) is 0.755. The Morgan fingerprint density at radius 2 is 1.79 bits per heavy atom. The van der Waals surface area contributed by atoms with Crippen LogP contribution in [0.3, 0.4) is 0 Å². The van der Waals surface area contributed by atoms with Gasteiger partial charge in [-0.25, -0.2) is 8.42 Å². The molecule has 0 amide bonds. The van der Waals surface area contributed by atoms with Gasteiger partial charge in [-0.2, -0.15) is 0 Å². The van der Waals surface area contributed by atoms with Gasteiger partial charge in [-0.3, -0.25) is 0 Å². The maximum absolute atomic E-state index is 11.5. The molecule has 0 saturated carbocycles. The van der Waals surface area contributed by atoms with Crippen LogP contribution in [0.5, 0.6) is 5.75 Å². The van der Waals surface area contributed by atoms with Crippen LogP contribution in [-0.4, -0.2) is 25.6 Å². The van der Waals surface area contributed by atoms with Crippen LogP contribution in [0.15, 0.2) is 29.2 Å². The van der Waals surface area contributed by atoms with Gasteiger partial charge < -0.3 is 9.90 Å². The van der Waals surface area contributed by atoms with Crippen LogP contribution in [0.2, 0.25) is 0 Å². The highest BCUT2D eigenvalue weighted by atomic mass is 32.2. The number of carbonyl (C=O) groups is 1. The summed E-state index contributed by atoms with van der Waals surface area (Å²) in [6.07, 6.45) is 0.557. The summed E-state index contributed by atoms with van der Waals surface area (Å²) in [7, 11) is -3.38. The first-order valence-corrected chi connectivity index (χ1v) is 5.67. The summed E-state index contributed by atoms with van der Waals surface area (Å²) in [6, 6.07) is 5.23. The average Bonchev–Trinajstić information content (AvgIpc) is 2.16. The van der Waals surface area contributed by atoms with Crippen molar-refractivity contribution >= 4 is 16.1 Å². The smallest absolute Gasteiger partial charge is 0.178 e. The number of rotatable bonds is 4. The highest BCUT2D eigenvalue weighted by Crippen LogP contribution is 2.15. The molecule has 76 valence electrons. The van der Waals surface area contributed by atoms with Crippen molar-refractivity contribution < 1.29 is 18.3 Å². The largest absolute Gasteiger partial charge is 0.508 e. The van der Waals surface area contributed by atoms with Crippen molar-refractivity contribution in [1.82, 2.24) is 0 Å². The number of hydrogen-bond donors (Lipinski definition) is 1. The van der Waals surface area contributed by atoms with E-state index in [0.29, 0.717) is 6.29 Å². The van der Waals surface area contributed by atoms with Crippen LogP contribution in [0.25, 0.3) is 0 Å². The molecule has 0 heterocycles. The lowest BCUT2D eigenvalue weighted by Crippen LogP contribution is -2.06. The van der Waals surface area contributed by atoms with E-state index in [2.05, 4.69) is 0 Å². The van der Waals surface area contributed by atoms with Crippen molar-refractivity contribution in [3.05, 3.63) is 24.3 Å². The van der Waals surface area contributed by atoms with Gasteiger partial charge in [-0.05, 0) is 24.3 Å². The van der Waals surface area contributed by atoms with Crippen molar-refractivity contribution in [2.75, 3.05) is 5.75 Å². The van der Waals surface area contributed by atoms with Gasteiger partial charge in [0.1, 0.15) is 12.0 Å². The van der Waals surface area contributed by atoms with Crippen molar-refractivity contribution in [2.45, 2.75) is 11.3 Å². The Bertz CT molecular complexity index is 405. The second-order valence-corrected chi connectivity index (χ2v) is 4.88. The van der Waals surface area contributed by atoms with Crippen molar-refractivity contribution in [3.63, 3.8) is 0 Å². The lowest BCUT2D eigenvalue weighted by atomic mass is 10.3. The molecule has 0 fully saturated rings. The van der Waals surface area contributed by atoms with E-state index in [9.17, 15) is 13.2 Å². The quantitative estimate of drug-likeness (QED) is 0.751. The van der Waals surface area contributed by atoms with Crippen LogP contribution < -0.4 is 0 Å². The molecule has 1 N–H and O–H groups in total. The number of aromatic hydroxyl groups is 1. The summed E-state index contributed by atoms with van der Waals surface area (Å²) in [5.74, 6) is -0.180. The number of phenols is 1. The van der Waals surface area contributed by atoms with Crippen molar-refractivity contribution in [3.8, 4) is 5.75 Å². The first-order chi connectivity index (χ1) is 6.56. The van der Waals surface area contributed by atoms with E-state index in [1.165, 1.54) is 24.3 Å². The Labute approximate surface area is 82.1 Å². The second-order valence-electron chi connectivity index (χ2n) is 2.77. The van der Waals surface area contributed by atoms with E-state index in [-0.39, 0.29) is 22.8 Å². The third-order valence-electron chi connectivity index (χ3n) is 1.70. The van der Waals surface area contributed by atoms with E-state index in [1.807, 2.05) is 0 Å². The van der Waals surface area contributed by atoms with Gasteiger partial charge in [0.25, 0.3) is 0 Å². The minimum absolute atomic E-state index is 0.0107. The molecule has 0 aliphatic rings. The van der Waals surface area contributed by atoms with Crippen LogP contribution in [0.1, 0.15) is 6.42 Å². The Hall–Kier alpha value is -1.36. The molecule has 0 aliphatic heterocycles. The van der Waals surface area contributed by atoms with Gasteiger partial charge >= 0.3 is 0 Å². The molecular formula is C9H10O4S. The molecule has 0 radical (unpaired) electrons. The summed E-state index contributed by atoms with van der Waals surface area (Å²) >= 11 is 0. The molecule has 4 nitrogen and oxygen atoms in total. The van der Waals surface area contributed by atoms with E-state index < -0.39 is 9.84 Å². The topological polar surface area (TPSA) is 71.4 Å². The van der Waals surface area contributed by atoms with Gasteiger partial charge in [0, 0.05) is 6.42 Å². The fourth-order valence-corrected chi connectivity index (χ4v) is 2.17. The standard InChI is InChI=1S/C9H10O4S/c10-6-1-7-14(12,13)9-4-2-8(11)3-5-9/h2-6,11H,1,7H2. The Kier molecular flexibility index (Phi) is 3.24. The number of aldehydes is 1. The monoisotopic (exact) mass is 214 g/mol. The molecular weight excluding hydrogens is 204 g/mol. The maximum Gasteiger partial charge on any atom is 0.178 e. The van der Waals surface area contributed by atoms with Crippen LogP contribution >= 0.6 is 0 Å². The first-order valence-electron chi connectivity index (χ1n) is 4.02. The van der Waals surface area contributed by atoms with Crippen LogP contribution in [0, 0.1) is 0 Å². The highest BCUT2D eigenvalue weighted by molar-refractivity contribution is 7.91. The summed E-state index contributed by atoms with van der Waals surface area (Å²) in [5, 5.41) is 8.95. The number of sulfone groups is 1. The molecule has 0 aromatic heterocycles. The number of carbonyl (C=O) groups excluding carboxylic acids is 1. The van der Waals surface area contributed by atoms with Gasteiger partial charge in [-0.1, -0.05) is 0 Å². The summed E-state index contributed by atoms with van der Waals surface area (Å²) in [6.45, 7) is 0. The lowest BCUT2D eigenvalue weighted by molar-refractivity contribution is -0.107. The summed E-state index contributed by atoms with van der Waals surface area (Å²) in [5.41, 5.74) is 0. The molecule has 0 spiro atoms. The number of phenolic OH excluding ortho intramolecular Hbond substituents is 1. The zero-order valence-electron chi connectivity index (χ0n) is 7.38. The van der Waals surface area contributed by atoms with Crippen molar-refractivity contribution in [1.29, 1.82) is 0 Å². The summed E-state index contributed by atoms with van der Waals surface area (Å²) in [4.78, 5) is 10.2. The van der Waals surface area contributed by atoms with Gasteiger partial charge in [-0.15, -0.1) is 0 Å². The van der Waals surface area contributed by atoms with E-state index in [0.717, 1.165) is 0 Å². The molecule has 1 aromatic carbocycles. The molecule has 0 saturated heterocycles. The van der Waals surface area contributed by atoms with Gasteiger partial charge in [0.15, 0.2) is 9.84 Å². The minimum atomic E-state index is -3.38. The summed E-state index contributed by atoms with van der Waals surface area (Å²) < 4.78 is 22.9. The van der Waals surface area contributed by atoms with Crippen molar-refractivity contribution in [2.24, 2.45) is 0 Å². The SMILES string of the molecule is O=CCCS(=O)(=O)c1ccc(O)cc1. The molecule has 14 heavy (non-hydrogen) atoms. The third-order valence-corrected chi connectivity index (χ3v) is 3.46. The fraction of sp³-hybridized carbons (Fsp3) is 0.222.